The van der Waals surface area contributed by atoms with Gasteiger partial charge in [-0.05, 0) is 61.4 Å². The molecule has 204 valence electrons. The third kappa shape index (κ3) is 6.24. The molecule has 1 aliphatic heterocycles. The lowest BCUT2D eigenvalue weighted by molar-refractivity contribution is -0.171. The van der Waals surface area contributed by atoms with E-state index in [9.17, 15) is 26.3 Å². The molecule has 2 atom stereocenters. The van der Waals surface area contributed by atoms with E-state index in [1.54, 1.807) is 27.0 Å². The Morgan fingerprint density at radius 1 is 0.789 bits per heavy atom. The molecule has 10 heteroatoms. The standard InChI is InChI=1S/C28H27F6NO3/c1-26(2)25(37-16-18-11-19(27(29,30)31)13-20(12-18)28(32,33)34)24(36-15-17-7-5-4-6-8-17)22-14-21(35-3)9-10-23(22)38-26/h4-14,24-25,35H,15-16H2,1-3H3. The fraction of sp³-hybridized carbons (Fsp3) is 0.357. The topological polar surface area (TPSA) is 39.7 Å². The molecular weight excluding hydrogens is 512 g/mol. The van der Waals surface area contributed by atoms with E-state index in [0.29, 0.717) is 23.4 Å². The van der Waals surface area contributed by atoms with Crippen molar-refractivity contribution < 1.29 is 40.6 Å². The van der Waals surface area contributed by atoms with Gasteiger partial charge in [0.1, 0.15) is 23.6 Å². The van der Waals surface area contributed by atoms with Crippen LogP contribution in [-0.4, -0.2) is 18.8 Å². The summed E-state index contributed by atoms with van der Waals surface area (Å²) >= 11 is 0. The van der Waals surface area contributed by atoms with Gasteiger partial charge in [0.2, 0.25) is 0 Å². The van der Waals surface area contributed by atoms with Crippen molar-refractivity contribution in [1.29, 1.82) is 0 Å². The molecule has 0 fully saturated rings. The van der Waals surface area contributed by atoms with E-state index in [-0.39, 0.29) is 18.2 Å². The maximum Gasteiger partial charge on any atom is 0.416 e. The summed E-state index contributed by atoms with van der Waals surface area (Å²) in [5.41, 5.74) is -1.78. The van der Waals surface area contributed by atoms with Crippen LogP contribution >= 0.6 is 0 Å². The molecule has 4 rings (SSSR count). The molecule has 1 N–H and O–H groups in total. The van der Waals surface area contributed by atoms with Crippen LogP contribution in [0.3, 0.4) is 0 Å². The van der Waals surface area contributed by atoms with E-state index in [1.165, 1.54) is 0 Å². The highest BCUT2D eigenvalue weighted by atomic mass is 19.4. The Kier molecular flexibility index (Phi) is 7.67. The Hall–Kier alpha value is -3.24. The van der Waals surface area contributed by atoms with E-state index in [4.69, 9.17) is 14.2 Å². The smallest absolute Gasteiger partial charge is 0.416 e. The van der Waals surface area contributed by atoms with Crippen molar-refractivity contribution in [1.82, 2.24) is 0 Å². The first-order chi connectivity index (χ1) is 17.8. The minimum absolute atomic E-state index is 0.0957. The zero-order chi connectivity index (χ0) is 27.7. The Morgan fingerprint density at radius 3 is 1.97 bits per heavy atom. The third-order valence-electron chi connectivity index (χ3n) is 6.29. The number of hydrogen-bond donors (Lipinski definition) is 1. The first-order valence-electron chi connectivity index (χ1n) is 11.8. The highest BCUT2D eigenvalue weighted by Gasteiger charge is 2.46. The minimum atomic E-state index is -4.95. The van der Waals surface area contributed by atoms with Crippen molar-refractivity contribution in [2.75, 3.05) is 12.4 Å². The second-order valence-electron chi connectivity index (χ2n) is 9.57. The highest BCUT2D eigenvalue weighted by Crippen LogP contribution is 2.45. The van der Waals surface area contributed by atoms with E-state index in [0.717, 1.165) is 11.3 Å². The molecule has 0 aliphatic carbocycles. The lowest BCUT2D eigenvalue weighted by atomic mass is 9.87. The molecule has 3 aromatic rings. The molecule has 4 nitrogen and oxygen atoms in total. The van der Waals surface area contributed by atoms with Gasteiger partial charge in [-0.2, -0.15) is 26.3 Å². The predicted molar refractivity (Wildman–Crippen MR) is 130 cm³/mol. The number of alkyl halides is 6. The number of benzene rings is 3. The lowest BCUT2D eigenvalue weighted by Crippen LogP contribution is -2.50. The molecule has 0 spiro atoms. The van der Waals surface area contributed by atoms with Gasteiger partial charge in [0.15, 0.2) is 0 Å². The monoisotopic (exact) mass is 539 g/mol. The summed E-state index contributed by atoms with van der Waals surface area (Å²) < 4.78 is 98.7. The van der Waals surface area contributed by atoms with E-state index in [1.807, 2.05) is 42.5 Å². The summed E-state index contributed by atoms with van der Waals surface area (Å²) in [6, 6.07) is 16.2. The molecule has 0 aromatic heterocycles. The molecule has 1 aliphatic rings. The van der Waals surface area contributed by atoms with Gasteiger partial charge < -0.3 is 19.5 Å². The number of nitrogens with one attached hydrogen (secondary N) is 1. The quantitative estimate of drug-likeness (QED) is 0.311. The molecule has 0 bridgehead atoms. The van der Waals surface area contributed by atoms with Gasteiger partial charge in [0, 0.05) is 18.3 Å². The van der Waals surface area contributed by atoms with Crippen molar-refractivity contribution in [2.45, 2.75) is 57.2 Å². The van der Waals surface area contributed by atoms with E-state index < -0.39 is 47.9 Å². The first kappa shape index (κ1) is 27.8. The predicted octanol–water partition coefficient (Wildman–Crippen LogP) is 7.78. The van der Waals surface area contributed by atoms with Crippen LogP contribution in [0.1, 0.15) is 47.8 Å². The largest absolute Gasteiger partial charge is 0.485 e. The van der Waals surface area contributed by atoms with Gasteiger partial charge in [-0.3, -0.25) is 0 Å². The number of hydrogen-bond acceptors (Lipinski definition) is 4. The number of fused-ring (bicyclic) bond motifs is 1. The van der Waals surface area contributed by atoms with E-state index in [2.05, 4.69) is 5.32 Å². The molecule has 0 radical (unpaired) electrons. The van der Waals surface area contributed by atoms with Crippen LogP contribution in [0.15, 0.2) is 66.7 Å². The number of ether oxygens (including phenoxy) is 3. The maximum atomic E-state index is 13.4. The van der Waals surface area contributed by atoms with Crippen LogP contribution in [0, 0.1) is 0 Å². The fourth-order valence-corrected chi connectivity index (χ4v) is 4.40. The first-order valence-corrected chi connectivity index (χ1v) is 11.8. The molecule has 2 unspecified atom stereocenters. The molecule has 3 aromatic carbocycles. The van der Waals surface area contributed by atoms with Crippen molar-refractivity contribution >= 4 is 5.69 Å². The summed E-state index contributed by atoms with van der Waals surface area (Å²) in [5, 5.41) is 3.04. The Labute approximate surface area is 216 Å². The lowest BCUT2D eigenvalue weighted by Gasteiger charge is -2.44. The van der Waals surface area contributed by atoms with Gasteiger partial charge in [-0.15, -0.1) is 0 Å². The average molecular weight is 540 g/mol. The Morgan fingerprint density at radius 2 is 1.39 bits per heavy atom. The second-order valence-corrected chi connectivity index (χ2v) is 9.57. The van der Waals surface area contributed by atoms with Crippen LogP contribution in [0.4, 0.5) is 32.0 Å². The van der Waals surface area contributed by atoms with Crippen LogP contribution in [0.25, 0.3) is 0 Å². The summed E-state index contributed by atoms with van der Waals surface area (Å²) in [6.07, 6.45) is -11.5. The van der Waals surface area contributed by atoms with Crippen molar-refractivity contribution in [3.8, 4) is 5.75 Å². The zero-order valence-corrected chi connectivity index (χ0v) is 20.9. The summed E-state index contributed by atoms with van der Waals surface area (Å²) in [4.78, 5) is 0. The number of rotatable bonds is 7. The summed E-state index contributed by atoms with van der Waals surface area (Å²) in [7, 11) is 1.75. The Balaban J connectivity index is 1.68. The third-order valence-corrected chi connectivity index (χ3v) is 6.29. The maximum absolute atomic E-state index is 13.4. The van der Waals surface area contributed by atoms with Crippen molar-refractivity contribution in [3.63, 3.8) is 0 Å². The van der Waals surface area contributed by atoms with Crippen LogP contribution in [0.2, 0.25) is 0 Å². The van der Waals surface area contributed by atoms with Crippen LogP contribution in [-0.2, 0) is 35.0 Å². The van der Waals surface area contributed by atoms with Crippen LogP contribution < -0.4 is 10.1 Å². The summed E-state index contributed by atoms with van der Waals surface area (Å²) in [5.74, 6) is 0.547. The molecule has 0 saturated carbocycles. The summed E-state index contributed by atoms with van der Waals surface area (Å²) in [6.45, 7) is 3.15. The normalized spacial score (nSPS) is 19.0. The molecular formula is C28H27F6NO3. The van der Waals surface area contributed by atoms with E-state index >= 15 is 0 Å². The molecule has 0 amide bonds. The SMILES string of the molecule is CNc1ccc2c(c1)C(OCc1ccccc1)C(OCc1cc(C(F)(F)F)cc(C(F)(F)F)c1)C(C)(C)O2. The highest BCUT2D eigenvalue weighted by molar-refractivity contribution is 5.53. The number of anilines is 1. The molecule has 0 saturated heterocycles. The Bertz CT molecular complexity index is 1230. The molecule has 38 heavy (non-hydrogen) atoms. The van der Waals surface area contributed by atoms with Gasteiger partial charge >= 0.3 is 12.4 Å². The zero-order valence-electron chi connectivity index (χ0n) is 20.9. The van der Waals surface area contributed by atoms with Crippen molar-refractivity contribution in [3.05, 3.63) is 94.5 Å². The van der Waals surface area contributed by atoms with Gasteiger partial charge in [-0.1, -0.05) is 30.3 Å². The van der Waals surface area contributed by atoms with Crippen LogP contribution in [0.5, 0.6) is 5.75 Å². The molecule has 1 heterocycles. The van der Waals surface area contributed by atoms with Crippen molar-refractivity contribution in [2.24, 2.45) is 0 Å². The van der Waals surface area contributed by atoms with Gasteiger partial charge in [0.25, 0.3) is 0 Å². The fourth-order valence-electron chi connectivity index (χ4n) is 4.40. The minimum Gasteiger partial charge on any atom is -0.485 e. The average Bonchev–Trinajstić information content (AvgIpc) is 2.85. The van der Waals surface area contributed by atoms with Gasteiger partial charge in [-0.25, -0.2) is 0 Å². The number of halogens is 6. The second kappa shape index (κ2) is 10.5. The van der Waals surface area contributed by atoms with Gasteiger partial charge in [0.05, 0.1) is 24.3 Å².